The fraction of sp³-hybridized carbons (Fsp3) is 0.357. The number of carbonyl (C=O) groups is 1. The van der Waals surface area contributed by atoms with Gasteiger partial charge in [0.1, 0.15) is 16.4 Å². The molecule has 0 aliphatic heterocycles. The summed E-state index contributed by atoms with van der Waals surface area (Å²) in [5.74, 6) is 0.851. The summed E-state index contributed by atoms with van der Waals surface area (Å²) in [7, 11) is 0. The lowest BCUT2D eigenvalue weighted by Crippen LogP contribution is -2.09. The number of hydrogen-bond donors (Lipinski definition) is 1. The summed E-state index contributed by atoms with van der Waals surface area (Å²) in [5, 5.41) is 9.89. The predicted molar refractivity (Wildman–Crippen MR) is 74.0 cm³/mol. The van der Waals surface area contributed by atoms with Gasteiger partial charge in [-0.3, -0.25) is 0 Å². The quantitative estimate of drug-likeness (QED) is 0.673. The summed E-state index contributed by atoms with van der Waals surface area (Å²) >= 11 is 1.41. The molecule has 1 aliphatic carbocycles. The molecule has 0 unspecified atom stereocenters. The number of carboxylic acid groups (broad SMARTS) is 1. The van der Waals surface area contributed by atoms with Gasteiger partial charge in [-0.05, 0) is 25.8 Å². The number of aromatic carboxylic acids is 1. The Morgan fingerprint density at radius 2 is 2.30 bits per heavy atom. The highest BCUT2D eigenvalue weighted by atomic mass is 32.2. The maximum atomic E-state index is 11.4. The second-order valence-electron chi connectivity index (χ2n) is 4.85. The number of aromatic nitrogens is 2. The van der Waals surface area contributed by atoms with E-state index in [1.807, 2.05) is 6.07 Å². The van der Waals surface area contributed by atoms with Crippen LogP contribution in [-0.4, -0.2) is 21.0 Å². The molecule has 5 nitrogen and oxygen atoms in total. The molecule has 104 valence electrons. The first-order valence-electron chi connectivity index (χ1n) is 6.41. The first-order valence-corrected chi connectivity index (χ1v) is 7.39. The van der Waals surface area contributed by atoms with Gasteiger partial charge in [0.25, 0.3) is 0 Å². The molecule has 1 fully saturated rings. The van der Waals surface area contributed by atoms with Crippen LogP contribution in [0.25, 0.3) is 0 Å². The molecule has 6 heteroatoms. The molecule has 1 aliphatic rings. The molecule has 0 amide bonds. The Balaban J connectivity index is 1.91. The minimum atomic E-state index is -0.973. The van der Waals surface area contributed by atoms with Crippen molar-refractivity contribution in [2.24, 2.45) is 0 Å². The molecule has 1 saturated carbocycles. The second-order valence-corrected chi connectivity index (χ2v) is 5.81. The van der Waals surface area contributed by atoms with Crippen LogP contribution in [0.2, 0.25) is 0 Å². The van der Waals surface area contributed by atoms with Crippen LogP contribution in [-0.2, 0) is 5.75 Å². The summed E-state index contributed by atoms with van der Waals surface area (Å²) in [6, 6.07) is 1.86. The summed E-state index contributed by atoms with van der Waals surface area (Å²) in [5.41, 5.74) is 1.77. The normalized spacial score (nSPS) is 14.4. The molecule has 0 bridgehead atoms. The van der Waals surface area contributed by atoms with Crippen molar-refractivity contribution >= 4 is 17.7 Å². The van der Waals surface area contributed by atoms with Gasteiger partial charge >= 0.3 is 5.97 Å². The zero-order valence-corrected chi connectivity index (χ0v) is 11.8. The number of rotatable bonds is 5. The van der Waals surface area contributed by atoms with Gasteiger partial charge in [-0.15, -0.1) is 11.8 Å². The average molecular weight is 290 g/mol. The maximum absolute atomic E-state index is 11.4. The largest absolute Gasteiger partial charge is 0.478 e. The van der Waals surface area contributed by atoms with Crippen molar-refractivity contribution in [1.82, 2.24) is 9.97 Å². The predicted octanol–water partition coefficient (Wildman–Crippen LogP) is 3.25. The highest BCUT2D eigenvalue weighted by molar-refractivity contribution is 7.98. The fourth-order valence-electron chi connectivity index (χ4n) is 1.97. The van der Waals surface area contributed by atoms with Crippen molar-refractivity contribution in [3.05, 3.63) is 41.2 Å². The van der Waals surface area contributed by atoms with Crippen molar-refractivity contribution in [1.29, 1.82) is 0 Å². The molecule has 0 saturated heterocycles. The van der Waals surface area contributed by atoms with Crippen molar-refractivity contribution in [2.45, 2.75) is 36.5 Å². The third-order valence-electron chi connectivity index (χ3n) is 3.19. The number of hydrogen-bond acceptors (Lipinski definition) is 5. The Kier molecular flexibility index (Phi) is 3.48. The fourth-order valence-corrected chi connectivity index (χ4v) is 2.97. The smallest absolute Gasteiger partial charge is 0.340 e. The van der Waals surface area contributed by atoms with E-state index >= 15 is 0 Å². The van der Waals surface area contributed by atoms with E-state index in [0.29, 0.717) is 22.4 Å². The van der Waals surface area contributed by atoms with Gasteiger partial charge in [-0.1, -0.05) is 0 Å². The van der Waals surface area contributed by atoms with Crippen molar-refractivity contribution in [3.8, 4) is 0 Å². The molecule has 2 aromatic rings. The van der Waals surface area contributed by atoms with Gasteiger partial charge in [-0.25, -0.2) is 14.8 Å². The zero-order valence-electron chi connectivity index (χ0n) is 11.0. The lowest BCUT2D eigenvalue weighted by molar-refractivity contribution is 0.0690. The molecule has 0 spiro atoms. The van der Waals surface area contributed by atoms with Crippen LogP contribution in [0.3, 0.4) is 0 Å². The van der Waals surface area contributed by atoms with Crippen molar-refractivity contribution < 1.29 is 14.3 Å². The van der Waals surface area contributed by atoms with Crippen LogP contribution in [0.5, 0.6) is 0 Å². The number of carboxylic acids is 1. The van der Waals surface area contributed by atoms with Gasteiger partial charge < -0.3 is 9.52 Å². The van der Waals surface area contributed by atoms with Crippen LogP contribution in [0.1, 0.15) is 46.2 Å². The Morgan fingerprint density at radius 3 is 2.90 bits per heavy atom. The van der Waals surface area contributed by atoms with E-state index in [2.05, 4.69) is 9.97 Å². The van der Waals surface area contributed by atoms with Gasteiger partial charge in [0.05, 0.1) is 18.2 Å². The number of aryl methyl sites for hydroxylation is 1. The first kappa shape index (κ1) is 13.2. The Bertz CT molecular complexity index is 636. The van der Waals surface area contributed by atoms with Crippen LogP contribution >= 0.6 is 11.8 Å². The van der Waals surface area contributed by atoms with E-state index in [1.165, 1.54) is 11.8 Å². The molecule has 1 N–H and O–H groups in total. The summed E-state index contributed by atoms with van der Waals surface area (Å²) in [4.78, 5) is 20.2. The Labute approximate surface area is 120 Å². The zero-order chi connectivity index (χ0) is 14.1. The topological polar surface area (TPSA) is 76.2 Å². The minimum Gasteiger partial charge on any atom is -0.478 e. The third kappa shape index (κ3) is 2.70. The second kappa shape index (κ2) is 5.28. The standard InChI is InChI=1S/C14H14N2O3S/c1-8-11(14(17)18)13(16-12(15-8)10-2-3-10)20-7-9-4-5-19-6-9/h4-6,10H,2-3,7H2,1H3,(H,17,18). The Morgan fingerprint density at radius 1 is 1.50 bits per heavy atom. The first-order chi connectivity index (χ1) is 9.65. The van der Waals surface area contributed by atoms with Gasteiger partial charge in [0.15, 0.2) is 0 Å². The van der Waals surface area contributed by atoms with Gasteiger partial charge in [0, 0.05) is 17.2 Å². The van der Waals surface area contributed by atoms with Crippen LogP contribution in [0.4, 0.5) is 0 Å². The molecule has 0 aromatic carbocycles. The number of furan rings is 1. The highest BCUT2D eigenvalue weighted by Gasteiger charge is 2.29. The SMILES string of the molecule is Cc1nc(C2CC2)nc(SCc2ccoc2)c1C(=O)O. The van der Waals surface area contributed by atoms with Gasteiger partial charge in [-0.2, -0.15) is 0 Å². The van der Waals surface area contributed by atoms with E-state index in [-0.39, 0.29) is 5.56 Å². The van der Waals surface area contributed by atoms with E-state index in [9.17, 15) is 9.90 Å². The van der Waals surface area contributed by atoms with Crippen LogP contribution < -0.4 is 0 Å². The van der Waals surface area contributed by atoms with Crippen molar-refractivity contribution in [2.75, 3.05) is 0 Å². The van der Waals surface area contributed by atoms with E-state index < -0.39 is 5.97 Å². The van der Waals surface area contributed by atoms with E-state index in [0.717, 1.165) is 24.2 Å². The number of thioether (sulfide) groups is 1. The van der Waals surface area contributed by atoms with Gasteiger partial charge in [0.2, 0.25) is 0 Å². The monoisotopic (exact) mass is 290 g/mol. The number of nitrogens with zero attached hydrogens (tertiary/aromatic N) is 2. The molecule has 0 atom stereocenters. The lowest BCUT2D eigenvalue weighted by atomic mass is 10.2. The summed E-state index contributed by atoms with van der Waals surface area (Å²) in [6.07, 6.45) is 5.45. The molecular formula is C14H14N2O3S. The third-order valence-corrected chi connectivity index (χ3v) is 4.23. The molecule has 20 heavy (non-hydrogen) atoms. The molecule has 2 aromatic heterocycles. The molecule has 2 heterocycles. The van der Waals surface area contributed by atoms with E-state index in [1.54, 1.807) is 19.5 Å². The molecule has 0 radical (unpaired) electrons. The molecule has 3 rings (SSSR count). The maximum Gasteiger partial charge on any atom is 0.340 e. The summed E-state index contributed by atoms with van der Waals surface area (Å²) in [6.45, 7) is 1.74. The highest BCUT2D eigenvalue weighted by Crippen LogP contribution is 2.39. The average Bonchev–Trinajstić information content (AvgIpc) is 3.12. The summed E-state index contributed by atoms with van der Waals surface area (Å²) < 4.78 is 5.01. The lowest BCUT2D eigenvalue weighted by Gasteiger charge is -2.09. The van der Waals surface area contributed by atoms with E-state index in [4.69, 9.17) is 4.42 Å². The van der Waals surface area contributed by atoms with Crippen molar-refractivity contribution in [3.63, 3.8) is 0 Å². The minimum absolute atomic E-state index is 0.211. The Hall–Kier alpha value is -1.82. The van der Waals surface area contributed by atoms with Crippen LogP contribution in [0.15, 0.2) is 28.0 Å². The molecular weight excluding hydrogens is 276 g/mol. The van der Waals surface area contributed by atoms with Crippen LogP contribution in [0, 0.1) is 6.92 Å².